The van der Waals surface area contributed by atoms with Crippen LogP contribution in [0.2, 0.25) is 0 Å². The van der Waals surface area contributed by atoms with E-state index in [1.807, 2.05) is 13.8 Å². The van der Waals surface area contributed by atoms with Crippen LogP contribution < -0.4 is 11.1 Å². The van der Waals surface area contributed by atoms with Crippen molar-refractivity contribution in [3.8, 4) is 0 Å². The minimum atomic E-state index is -4.00. The molecule has 0 aliphatic rings. The third kappa shape index (κ3) is 4.38. The number of benzene rings is 1. The molecule has 0 saturated carbocycles. The standard InChI is InChI=1S/C13H18F4N2/c1-12(2,9-3-5-10(18)6-4-9)7-19-8-13(16,17)11(14)15/h3-6,11,19H,7-8,18H2,1-2H3. The Morgan fingerprint density at radius 1 is 1.11 bits per heavy atom. The largest absolute Gasteiger partial charge is 0.399 e. The van der Waals surface area contributed by atoms with E-state index in [4.69, 9.17) is 5.73 Å². The van der Waals surface area contributed by atoms with Crippen LogP contribution in [0.3, 0.4) is 0 Å². The molecule has 1 aromatic carbocycles. The highest BCUT2D eigenvalue weighted by atomic mass is 19.3. The Morgan fingerprint density at radius 2 is 1.63 bits per heavy atom. The van der Waals surface area contributed by atoms with Gasteiger partial charge in [-0.2, -0.15) is 8.78 Å². The van der Waals surface area contributed by atoms with Crippen LogP contribution in [0, 0.1) is 0 Å². The van der Waals surface area contributed by atoms with Crippen LogP contribution in [0.25, 0.3) is 0 Å². The van der Waals surface area contributed by atoms with Crippen LogP contribution in [0.5, 0.6) is 0 Å². The zero-order valence-electron chi connectivity index (χ0n) is 10.9. The molecule has 108 valence electrons. The lowest BCUT2D eigenvalue weighted by Gasteiger charge is -2.27. The Bertz CT molecular complexity index is 402. The van der Waals surface area contributed by atoms with E-state index in [1.54, 1.807) is 24.3 Å². The SMILES string of the molecule is CC(C)(CNCC(F)(F)C(F)F)c1ccc(N)cc1. The number of nitrogens with one attached hydrogen (secondary N) is 1. The van der Waals surface area contributed by atoms with E-state index in [0.717, 1.165) is 5.56 Å². The van der Waals surface area contributed by atoms with Crippen molar-refractivity contribution >= 4 is 5.69 Å². The van der Waals surface area contributed by atoms with E-state index >= 15 is 0 Å². The fourth-order valence-corrected chi connectivity index (χ4v) is 1.66. The van der Waals surface area contributed by atoms with Gasteiger partial charge in [-0.3, -0.25) is 0 Å². The Morgan fingerprint density at radius 3 is 2.11 bits per heavy atom. The molecule has 2 nitrogen and oxygen atoms in total. The van der Waals surface area contributed by atoms with Crippen LogP contribution in [0.15, 0.2) is 24.3 Å². The first-order valence-electron chi connectivity index (χ1n) is 5.88. The maximum absolute atomic E-state index is 12.7. The van der Waals surface area contributed by atoms with Gasteiger partial charge in [0.15, 0.2) is 0 Å². The van der Waals surface area contributed by atoms with Crippen molar-refractivity contribution in [2.45, 2.75) is 31.6 Å². The molecular weight excluding hydrogens is 260 g/mol. The van der Waals surface area contributed by atoms with Gasteiger partial charge in [-0.25, -0.2) is 8.78 Å². The van der Waals surface area contributed by atoms with Crippen molar-refractivity contribution in [2.75, 3.05) is 18.8 Å². The van der Waals surface area contributed by atoms with Gasteiger partial charge >= 0.3 is 12.3 Å². The van der Waals surface area contributed by atoms with Crippen molar-refractivity contribution in [3.63, 3.8) is 0 Å². The van der Waals surface area contributed by atoms with Gasteiger partial charge in [0, 0.05) is 17.6 Å². The molecule has 6 heteroatoms. The Hall–Kier alpha value is -1.30. The van der Waals surface area contributed by atoms with Crippen LogP contribution >= 0.6 is 0 Å². The van der Waals surface area contributed by atoms with Crippen molar-refractivity contribution < 1.29 is 17.6 Å². The molecule has 0 bridgehead atoms. The molecule has 0 aliphatic heterocycles. The molecule has 0 aromatic heterocycles. The van der Waals surface area contributed by atoms with Crippen LogP contribution in [-0.2, 0) is 5.41 Å². The number of anilines is 1. The van der Waals surface area contributed by atoms with E-state index < -0.39 is 24.3 Å². The van der Waals surface area contributed by atoms with Gasteiger partial charge in [0.05, 0.1) is 6.54 Å². The van der Waals surface area contributed by atoms with Gasteiger partial charge in [0.2, 0.25) is 0 Å². The summed E-state index contributed by atoms with van der Waals surface area (Å²) >= 11 is 0. The van der Waals surface area contributed by atoms with Crippen LogP contribution in [0.4, 0.5) is 23.2 Å². The number of hydrogen-bond acceptors (Lipinski definition) is 2. The zero-order chi connectivity index (χ0) is 14.7. The van der Waals surface area contributed by atoms with E-state index in [-0.39, 0.29) is 6.54 Å². The molecule has 0 fully saturated rings. The molecule has 1 aromatic rings. The average molecular weight is 278 g/mol. The molecule has 0 spiro atoms. The molecule has 0 radical (unpaired) electrons. The zero-order valence-corrected chi connectivity index (χ0v) is 10.9. The summed E-state index contributed by atoms with van der Waals surface area (Å²) < 4.78 is 49.5. The molecular formula is C13H18F4N2. The predicted molar refractivity (Wildman–Crippen MR) is 67.7 cm³/mol. The maximum atomic E-state index is 12.7. The number of halogens is 4. The molecule has 0 saturated heterocycles. The molecule has 1 rings (SSSR count). The summed E-state index contributed by atoms with van der Waals surface area (Å²) in [5, 5.41) is 2.40. The Kier molecular flexibility index (Phi) is 4.79. The molecule has 19 heavy (non-hydrogen) atoms. The number of hydrogen-bond donors (Lipinski definition) is 2. The minimum Gasteiger partial charge on any atom is -0.399 e. The molecule has 0 heterocycles. The van der Waals surface area contributed by atoms with Gasteiger partial charge in [0.25, 0.3) is 0 Å². The molecule has 0 unspecified atom stereocenters. The van der Waals surface area contributed by atoms with Gasteiger partial charge in [-0.15, -0.1) is 0 Å². The van der Waals surface area contributed by atoms with Crippen molar-refractivity contribution in [3.05, 3.63) is 29.8 Å². The third-order valence-corrected chi connectivity index (χ3v) is 2.94. The molecule has 3 N–H and O–H groups in total. The summed E-state index contributed by atoms with van der Waals surface area (Å²) in [4.78, 5) is 0. The number of alkyl halides is 4. The van der Waals surface area contributed by atoms with Gasteiger partial charge in [0.1, 0.15) is 0 Å². The molecule has 0 amide bonds. The minimum absolute atomic E-state index is 0.166. The fraction of sp³-hybridized carbons (Fsp3) is 0.538. The van der Waals surface area contributed by atoms with Gasteiger partial charge < -0.3 is 11.1 Å². The second-order valence-electron chi connectivity index (χ2n) is 5.17. The fourth-order valence-electron chi connectivity index (χ4n) is 1.66. The quantitative estimate of drug-likeness (QED) is 0.620. The molecule has 0 aliphatic carbocycles. The number of rotatable bonds is 6. The van der Waals surface area contributed by atoms with Gasteiger partial charge in [-0.05, 0) is 17.7 Å². The van der Waals surface area contributed by atoms with Gasteiger partial charge in [-0.1, -0.05) is 26.0 Å². The van der Waals surface area contributed by atoms with Crippen LogP contribution in [0.1, 0.15) is 19.4 Å². The normalized spacial score (nSPS) is 13.0. The van der Waals surface area contributed by atoms with Crippen molar-refractivity contribution in [1.82, 2.24) is 5.32 Å². The second kappa shape index (κ2) is 5.77. The summed E-state index contributed by atoms with van der Waals surface area (Å²) in [6.07, 6.45) is -3.65. The number of nitrogen functional groups attached to an aromatic ring is 1. The lowest BCUT2D eigenvalue weighted by molar-refractivity contribution is -0.125. The monoisotopic (exact) mass is 278 g/mol. The second-order valence-corrected chi connectivity index (χ2v) is 5.17. The number of nitrogens with two attached hydrogens (primary N) is 1. The topological polar surface area (TPSA) is 38.0 Å². The highest BCUT2D eigenvalue weighted by Gasteiger charge is 2.40. The summed E-state index contributed by atoms with van der Waals surface area (Å²) in [5.74, 6) is -4.00. The maximum Gasteiger partial charge on any atom is 0.319 e. The van der Waals surface area contributed by atoms with Crippen LogP contribution in [-0.4, -0.2) is 25.4 Å². The van der Waals surface area contributed by atoms with E-state index in [2.05, 4.69) is 5.32 Å². The lowest BCUT2D eigenvalue weighted by atomic mass is 9.84. The first-order chi connectivity index (χ1) is 8.65. The predicted octanol–water partition coefficient (Wildman–Crippen LogP) is 3.04. The first-order valence-corrected chi connectivity index (χ1v) is 5.88. The highest BCUT2D eigenvalue weighted by Crippen LogP contribution is 2.25. The first kappa shape index (κ1) is 15.8. The van der Waals surface area contributed by atoms with Crippen molar-refractivity contribution in [1.29, 1.82) is 0 Å². The summed E-state index contributed by atoms with van der Waals surface area (Å²) in [5.41, 5.74) is 6.62. The van der Waals surface area contributed by atoms with E-state index in [0.29, 0.717) is 5.69 Å². The average Bonchev–Trinajstić information content (AvgIpc) is 2.28. The third-order valence-electron chi connectivity index (χ3n) is 2.94. The Balaban J connectivity index is 2.58. The smallest absolute Gasteiger partial charge is 0.319 e. The summed E-state index contributed by atoms with van der Waals surface area (Å²) in [6.45, 7) is 2.81. The molecule has 0 atom stereocenters. The van der Waals surface area contributed by atoms with E-state index in [9.17, 15) is 17.6 Å². The highest BCUT2D eigenvalue weighted by molar-refractivity contribution is 5.41. The van der Waals surface area contributed by atoms with E-state index in [1.165, 1.54) is 0 Å². The van der Waals surface area contributed by atoms with Crippen molar-refractivity contribution in [2.24, 2.45) is 0 Å². The lowest BCUT2D eigenvalue weighted by Crippen LogP contribution is -2.43. The Labute approximate surface area is 110 Å². The summed E-state index contributed by atoms with van der Waals surface area (Å²) in [6, 6.07) is 7.01. The summed E-state index contributed by atoms with van der Waals surface area (Å²) in [7, 11) is 0.